The van der Waals surface area contributed by atoms with Crippen molar-refractivity contribution in [3.05, 3.63) is 0 Å². The van der Waals surface area contributed by atoms with E-state index in [1.165, 1.54) is 19.3 Å². The van der Waals surface area contributed by atoms with E-state index in [0.29, 0.717) is 13.0 Å². The third-order valence-corrected chi connectivity index (χ3v) is 4.16. The molecule has 23 heavy (non-hydrogen) atoms. The summed E-state index contributed by atoms with van der Waals surface area (Å²) in [4.78, 5) is 22.2. The molecule has 0 radical (unpaired) electrons. The van der Waals surface area contributed by atoms with E-state index in [0.717, 1.165) is 57.9 Å². The van der Waals surface area contributed by atoms with Crippen molar-refractivity contribution >= 4 is 11.9 Å². The number of rotatable bonds is 16. The molecule has 0 aliphatic carbocycles. The molecule has 0 fully saturated rings. The van der Waals surface area contributed by atoms with Crippen molar-refractivity contribution in [2.45, 2.75) is 84.0 Å². The molecule has 0 aromatic carbocycles. The molecule has 0 aromatic heterocycles. The van der Waals surface area contributed by atoms with Crippen molar-refractivity contribution in [3.63, 3.8) is 0 Å². The maximum Gasteiger partial charge on any atom is 0.303 e. The molecule has 0 aliphatic heterocycles. The summed E-state index contributed by atoms with van der Waals surface area (Å²) in [5.41, 5.74) is 5.45. The first-order chi connectivity index (χ1) is 11.1. The molecule has 0 rings (SSSR count). The Morgan fingerprint density at radius 3 is 2.04 bits per heavy atom. The van der Waals surface area contributed by atoms with Crippen LogP contribution in [-0.2, 0) is 9.59 Å². The van der Waals surface area contributed by atoms with E-state index in [-0.39, 0.29) is 11.8 Å². The minimum Gasteiger partial charge on any atom is -0.481 e. The average Bonchev–Trinajstić information content (AvgIpc) is 2.52. The summed E-state index contributed by atoms with van der Waals surface area (Å²) in [6, 6.07) is 0. The fourth-order valence-corrected chi connectivity index (χ4v) is 2.57. The van der Waals surface area contributed by atoms with E-state index in [9.17, 15) is 9.59 Å². The van der Waals surface area contributed by atoms with Crippen LogP contribution >= 0.6 is 0 Å². The van der Waals surface area contributed by atoms with E-state index < -0.39 is 5.97 Å². The topological polar surface area (TPSA) is 92.4 Å². The molecular formula is C18H36N2O3. The van der Waals surface area contributed by atoms with E-state index in [1.54, 1.807) is 0 Å². The Hall–Kier alpha value is -1.10. The molecule has 136 valence electrons. The SMILES string of the molecule is C[C@@H](CCCCN)C(=O)NCCCCCCCCCCC(=O)O. The molecule has 5 nitrogen and oxygen atoms in total. The second-order valence-corrected chi connectivity index (χ2v) is 6.45. The Morgan fingerprint density at radius 2 is 1.48 bits per heavy atom. The number of hydrogen-bond donors (Lipinski definition) is 3. The summed E-state index contributed by atoms with van der Waals surface area (Å²) >= 11 is 0. The average molecular weight is 328 g/mol. The molecule has 1 amide bonds. The van der Waals surface area contributed by atoms with E-state index >= 15 is 0 Å². The molecule has 0 saturated heterocycles. The molecule has 4 N–H and O–H groups in total. The second kappa shape index (κ2) is 15.8. The van der Waals surface area contributed by atoms with Crippen LogP contribution in [0, 0.1) is 5.92 Å². The van der Waals surface area contributed by atoms with Crippen LogP contribution < -0.4 is 11.1 Å². The van der Waals surface area contributed by atoms with Crippen molar-refractivity contribution in [1.29, 1.82) is 0 Å². The summed E-state index contributed by atoms with van der Waals surface area (Å²) in [6.45, 7) is 3.46. The number of unbranched alkanes of at least 4 members (excludes halogenated alkanes) is 8. The lowest BCUT2D eigenvalue weighted by atomic mass is 10.0. The van der Waals surface area contributed by atoms with E-state index in [1.807, 2.05) is 6.92 Å². The van der Waals surface area contributed by atoms with E-state index in [4.69, 9.17) is 10.8 Å². The zero-order valence-corrected chi connectivity index (χ0v) is 14.8. The predicted octanol–water partition coefficient (Wildman–Crippen LogP) is 3.46. The monoisotopic (exact) mass is 328 g/mol. The molecule has 0 bridgehead atoms. The Balaban J connectivity index is 3.29. The normalized spacial score (nSPS) is 12.1. The smallest absolute Gasteiger partial charge is 0.303 e. The van der Waals surface area contributed by atoms with Gasteiger partial charge in [0.15, 0.2) is 0 Å². The fraction of sp³-hybridized carbons (Fsp3) is 0.889. The first-order valence-corrected chi connectivity index (χ1v) is 9.27. The maximum atomic E-state index is 11.8. The number of carboxylic acids is 1. The summed E-state index contributed by atoms with van der Waals surface area (Å²) < 4.78 is 0. The van der Waals surface area contributed by atoms with Crippen LogP contribution in [-0.4, -0.2) is 30.1 Å². The highest BCUT2D eigenvalue weighted by molar-refractivity contribution is 5.78. The van der Waals surface area contributed by atoms with Crippen LogP contribution in [0.2, 0.25) is 0 Å². The van der Waals surface area contributed by atoms with Crippen molar-refractivity contribution in [2.75, 3.05) is 13.1 Å². The summed E-state index contributed by atoms with van der Waals surface area (Å²) in [5.74, 6) is -0.437. The molecule has 0 heterocycles. The van der Waals surface area contributed by atoms with Gasteiger partial charge in [-0.15, -0.1) is 0 Å². The quantitative estimate of drug-likeness (QED) is 0.378. The van der Waals surface area contributed by atoms with Gasteiger partial charge in [-0.25, -0.2) is 0 Å². The van der Waals surface area contributed by atoms with Gasteiger partial charge < -0.3 is 16.2 Å². The van der Waals surface area contributed by atoms with Crippen molar-refractivity contribution < 1.29 is 14.7 Å². The highest BCUT2D eigenvalue weighted by atomic mass is 16.4. The Morgan fingerprint density at radius 1 is 0.913 bits per heavy atom. The lowest BCUT2D eigenvalue weighted by molar-refractivity contribution is -0.137. The van der Waals surface area contributed by atoms with Crippen molar-refractivity contribution in [1.82, 2.24) is 5.32 Å². The maximum absolute atomic E-state index is 11.8. The lowest BCUT2D eigenvalue weighted by Crippen LogP contribution is -2.30. The van der Waals surface area contributed by atoms with Crippen LogP contribution in [0.5, 0.6) is 0 Å². The van der Waals surface area contributed by atoms with Gasteiger partial charge in [-0.2, -0.15) is 0 Å². The van der Waals surface area contributed by atoms with Crippen molar-refractivity contribution in [3.8, 4) is 0 Å². The number of hydrogen-bond acceptors (Lipinski definition) is 3. The van der Waals surface area contributed by atoms with E-state index in [2.05, 4.69) is 5.32 Å². The van der Waals surface area contributed by atoms with Gasteiger partial charge in [-0.05, 0) is 32.2 Å². The number of aliphatic carboxylic acids is 1. The molecule has 0 aromatic rings. The lowest BCUT2D eigenvalue weighted by Gasteiger charge is -2.11. The predicted molar refractivity (Wildman–Crippen MR) is 94.3 cm³/mol. The standard InChI is InChI=1S/C18H36N2O3/c1-16(12-9-10-14-19)18(23)20-15-11-7-5-3-2-4-6-8-13-17(21)22/h16H,2-15,19H2,1H3,(H,20,23)(H,21,22)/t16-/m0/s1. The van der Waals surface area contributed by atoms with Gasteiger partial charge in [0, 0.05) is 18.9 Å². The van der Waals surface area contributed by atoms with Gasteiger partial charge in [-0.1, -0.05) is 51.9 Å². The Bertz CT molecular complexity index is 309. The number of carboxylic acid groups (broad SMARTS) is 1. The van der Waals surface area contributed by atoms with Crippen LogP contribution in [0.4, 0.5) is 0 Å². The highest BCUT2D eigenvalue weighted by Gasteiger charge is 2.11. The number of nitrogens with one attached hydrogen (secondary N) is 1. The first kappa shape index (κ1) is 21.9. The molecule has 0 unspecified atom stereocenters. The van der Waals surface area contributed by atoms with Crippen LogP contribution in [0.25, 0.3) is 0 Å². The first-order valence-electron chi connectivity index (χ1n) is 9.27. The number of amides is 1. The van der Waals surface area contributed by atoms with Gasteiger partial charge >= 0.3 is 5.97 Å². The summed E-state index contributed by atoms with van der Waals surface area (Å²) in [7, 11) is 0. The number of carbonyl (C=O) groups is 2. The zero-order chi connectivity index (χ0) is 17.3. The molecule has 1 atom stereocenters. The Labute approximate surface area is 141 Å². The molecule has 0 spiro atoms. The van der Waals surface area contributed by atoms with Gasteiger partial charge in [0.2, 0.25) is 5.91 Å². The van der Waals surface area contributed by atoms with Crippen LogP contribution in [0.3, 0.4) is 0 Å². The third-order valence-electron chi connectivity index (χ3n) is 4.16. The Kier molecular flexibility index (Phi) is 15.0. The minimum atomic E-state index is -0.694. The summed E-state index contributed by atoms with van der Waals surface area (Å²) in [5, 5.41) is 11.5. The van der Waals surface area contributed by atoms with Gasteiger partial charge in [0.1, 0.15) is 0 Å². The van der Waals surface area contributed by atoms with Gasteiger partial charge in [0.25, 0.3) is 0 Å². The highest BCUT2D eigenvalue weighted by Crippen LogP contribution is 2.10. The van der Waals surface area contributed by atoms with Gasteiger partial charge in [0.05, 0.1) is 0 Å². The van der Waals surface area contributed by atoms with Gasteiger partial charge in [-0.3, -0.25) is 9.59 Å². The molecule has 0 saturated carbocycles. The minimum absolute atomic E-state index is 0.0901. The zero-order valence-electron chi connectivity index (χ0n) is 14.8. The van der Waals surface area contributed by atoms with Crippen LogP contribution in [0.15, 0.2) is 0 Å². The number of carbonyl (C=O) groups excluding carboxylic acids is 1. The summed E-state index contributed by atoms with van der Waals surface area (Å²) in [6.07, 6.45) is 12.0. The largest absolute Gasteiger partial charge is 0.481 e. The van der Waals surface area contributed by atoms with Crippen molar-refractivity contribution in [2.24, 2.45) is 11.7 Å². The fourth-order valence-electron chi connectivity index (χ4n) is 2.57. The second-order valence-electron chi connectivity index (χ2n) is 6.45. The van der Waals surface area contributed by atoms with Crippen LogP contribution in [0.1, 0.15) is 84.0 Å². The molecular weight excluding hydrogens is 292 g/mol. The number of nitrogens with two attached hydrogens (primary N) is 1. The third kappa shape index (κ3) is 15.6. The molecule has 0 aliphatic rings. The molecule has 5 heteroatoms.